The molecule has 0 radical (unpaired) electrons. The second-order valence-corrected chi connectivity index (χ2v) is 9.10. The molecule has 2 N–H and O–H groups in total. The SMILES string of the molecule is CC1CCN(c2ccc(NC(=O)COCc3ccccc3)cc2C(=O)NCc2ccccc2)CC1. The summed E-state index contributed by atoms with van der Waals surface area (Å²) in [7, 11) is 0. The number of carbonyl (C=O) groups is 2. The van der Waals surface area contributed by atoms with E-state index in [0.717, 1.165) is 42.7 Å². The van der Waals surface area contributed by atoms with Gasteiger partial charge in [-0.2, -0.15) is 0 Å². The molecule has 1 saturated heterocycles. The van der Waals surface area contributed by atoms with Crippen LogP contribution in [0.4, 0.5) is 11.4 Å². The van der Waals surface area contributed by atoms with Crippen LogP contribution in [0, 0.1) is 5.92 Å². The summed E-state index contributed by atoms with van der Waals surface area (Å²) >= 11 is 0. The Bertz CT molecular complexity index is 1110. The molecule has 0 bridgehead atoms. The van der Waals surface area contributed by atoms with E-state index in [1.165, 1.54) is 0 Å². The number of hydrogen-bond donors (Lipinski definition) is 2. The van der Waals surface area contributed by atoms with Crippen LogP contribution >= 0.6 is 0 Å². The molecular weight excluding hydrogens is 438 g/mol. The maximum Gasteiger partial charge on any atom is 0.253 e. The summed E-state index contributed by atoms with van der Waals surface area (Å²) in [6.45, 7) is 4.85. The summed E-state index contributed by atoms with van der Waals surface area (Å²) in [4.78, 5) is 28.0. The van der Waals surface area contributed by atoms with E-state index in [1.54, 1.807) is 6.07 Å². The number of hydrogen-bond acceptors (Lipinski definition) is 4. The summed E-state index contributed by atoms with van der Waals surface area (Å²) in [5.41, 5.74) is 4.10. The lowest BCUT2D eigenvalue weighted by molar-refractivity contribution is -0.121. The zero-order chi connectivity index (χ0) is 24.5. The van der Waals surface area contributed by atoms with Crippen molar-refractivity contribution in [1.29, 1.82) is 0 Å². The lowest BCUT2D eigenvalue weighted by Gasteiger charge is -2.33. The minimum Gasteiger partial charge on any atom is -0.371 e. The van der Waals surface area contributed by atoms with Gasteiger partial charge in [-0.15, -0.1) is 0 Å². The fraction of sp³-hybridized carbons (Fsp3) is 0.310. The van der Waals surface area contributed by atoms with Gasteiger partial charge in [0.15, 0.2) is 0 Å². The van der Waals surface area contributed by atoms with Crippen LogP contribution in [-0.2, 0) is 22.7 Å². The normalized spacial score (nSPS) is 13.9. The van der Waals surface area contributed by atoms with Crippen molar-refractivity contribution in [3.05, 3.63) is 95.6 Å². The number of rotatable bonds is 9. The molecular formula is C29H33N3O3. The van der Waals surface area contributed by atoms with Crippen molar-refractivity contribution in [3.8, 4) is 0 Å². The summed E-state index contributed by atoms with van der Waals surface area (Å²) in [6, 6.07) is 25.1. The van der Waals surface area contributed by atoms with Crippen molar-refractivity contribution < 1.29 is 14.3 Å². The third kappa shape index (κ3) is 7.17. The van der Waals surface area contributed by atoms with Crippen molar-refractivity contribution in [2.75, 3.05) is 29.9 Å². The fourth-order valence-electron chi connectivity index (χ4n) is 4.23. The number of piperidine rings is 1. The molecule has 1 aliphatic heterocycles. The molecule has 0 aromatic heterocycles. The monoisotopic (exact) mass is 471 g/mol. The molecule has 6 heteroatoms. The van der Waals surface area contributed by atoms with Crippen molar-refractivity contribution in [2.24, 2.45) is 5.92 Å². The molecule has 2 amide bonds. The number of ether oxygens (including phenoxy) is 1. The lowest BCUT2D eigenvalue weighted by Crippen LogP contribution is -2.35. The molecule has 6 nitrogen and oxygen atoms in total. The Morgan fingerprint density at radius 1 is 0.914 bits per heavy atom. The fourth-order valence-corrected chi connectivity index (χ4v) is 4.23. The molecule has 1 fully saturated rings. The van der Waals surface area contributed by atoms with Crippen LogP contribution in [0.25, 0.3) is 0 Å². The molecule has 0 spiro atoms. The molecule has 0 saturated carbocycles. The van der Waals surface area contributed by atoms with Crippen molar-refractivity contribution in [3.63, 3.8) is 0 Å². The van der Waals surface area contributed by atoms with Crippen LogP contribution in [0.3, 0.4) is 0 Å². The molecule has 4 rings (SSSR count). The molecule has 3 aromatic rings. The molecule has 1 heterocycles. The van der Waals surface area contributed by atoms with Gasteiger partial charge in [0.2, 0.25) is 5.91 Å². The van der Waals surface area contributed by atoms with Crippen LogP contribution in [0.1, 0.15) is 41.3 Å². The summed E-state index contributed by atoms with van der Waals surface area (Å²) < 4.78 is 5.55. The second kappa shape index (κ2) is 12.2. The zero-order valence-electron chi connectivity index (χ0n) is 20.2. The van der Waals surface area contributed by atoms with Gasteiger partial charge in [-0.05, 0) is 48.1 Å². The zero-order valence-corrected chi connectivity index (χ0v) is 20.2. The Balaban J connectivity index is 1.43. The Kier molecular flexibility index (Phi) is 8.52. The average Bonchev–Trinajstić information content (AvgIpc) is 2.89. The molecule has 3 aromatic carbocycles. The first-order valence-electron chi connectivity index (χ1n) is 12.2. The Hall–Kier alpha value is -3.64. The first-order chi connectivity index (χ1) is 17.1. The number of nitrogens with one attached hydrogen (secondary N) is 2. The highest BCUT2D eigenvalue weighted by Gasteiger charge is 2.22. The van der Waals surface area contributed by atoms with Gasteiger partial charge in [0, 0.05) is 31.0 Å². The van der Waals surface area contributed by atoms with Crippen molar-refractivity contribution in [1.82, 2.24) is 5.32 Å². The number of nitrogens with zero attached hydrogens (tertiary/aromatic N) is 1. The molecule has 0 atom stereocenters. The van der Waals surface area contributed by atoms with E-state index < -0.39 is 0 Å². The van der Waals surface area contributed by atoms with Gasteiger partial charge < -0.3 is 20.3 Å². The molecule has 0 unspecified atom stereocenters. The van der Waals surface area contributed by atoms with Crippen molar-refractivity contribution in [2.45, 2.75) is 32.9 Å². The number of amides is 2. The first-order valence-corrected chi connectivity index (χ1v) is 12.2. The molecule has 1 aliphatic rings. The van der Waals surface area contributed by atoms with E-state index in [-0.39, 0.29) is 18.4 Å². The predicted octanol–water partition coefficient (Wildman–Crippen LogP) is 5.01. The highest BCUT2D eigenvalue weighted by molar-refractivity contribution is 6.02. The standard InChI is InChI=1S/C29H33N3O3/c1-22-14-16-32(17-15-22)27-13-12-25(31-28(33)21-35-20-24-10-6-3-7-11-24)18-26(27)29(34)30-19-23-8-4-2-5-9-23/h2-13,18,22H,14-17,19-21H2,1H3,(H,30,34)(H,31,33). The van der Waals surface area contributed by atoms with E-state index in [1.807, 2.05) is 72.8 Å². The van der Waals surface area contributed by atoms with Gasteiger partial charge in [0.25, 0.3) is 5.91 Å². The van der Waals surface area contributed by atoms with E-state index in [2.05, 4.69) is 22.5 Å². The summed E-state index contributed by atoms with van der Waals surface area (Å²) in [5.74, 6) is 0.283. The Morgan fingerprint density at radius 3 is 2.26 bits per heavy atom. The smallest absolute Gasteiger partial charge is 0.253 e. The van der Waals surface area contributed by atoms with Crippen LogP contribution in [0.2, 0.25) is 0 Å². The summed E-state index contributed by atoms with van der Waals surface area (Å²) in [5, 5.41) is 5.91. The third-order valence-corrected chi connectivity index (χ3v) is 6.29. The topological polar surface area (TPSA) is 70.7 Å². The lowest BCUT2D eigenvalue weighted by atomic mass is 9.97. The highest BCUT2D eigenvalue weighted by atomic mass is 16.5. The molecule has 0 aliphatic carbocycles. The van der Waals surface area contributed by atoms with Gasteiger partial charge in [-0.1, -0.05) is 67.6 Å². The highest BCUT2D eigenvalue weighted by Crippen LogP contribution is 2.29. The predicted molar refractivity (Wildman–Crippen MR) is 139 cm³/mol. The minimum absolute atomic E-state index is 0.0593. The van der Waals surface area contributed by atoms with Crippen LogP contribution < -0.4 is 15.5 Å². The maximum absolute atomic E-state index is 13.2. The van der Waals surface area contributed by atoms with Crippen LogP contribution in [0.15, 0.2) is 78.9 Å². The Labute approximate surface area is 207 Å². The van der Waals surface area contributed by atoms with E-state index in [0.29, 0.717) is 30.3 Å². The third-order valence-electron chi connectivity index (χ3n) is 6.29. The van der Waals surface area contributed by atoms with Gasteiger partial charge in [-0.25, -0.2) is 0 Å². The summed E-state index contributed by atoms with van der Waals surface area (Å²) in [6.07, 6.45) is 2.20. The number of carbonyl (C=O) groups excluding carboxylic acids is 2. The number of benzene rings is 3. The Morgan fingerprint density at radius 2 is 1.57 bits per heavy atom. The number of anilines is 2. The molecule has 35 heavy (non-hydrogen) atoms. The minimum atomic E-state index is -0.254. The van der Waals surface area contributed by atoms with Crippen molar-refractivity contribution >= 4 is 23.2 Å². The maximum atomic E-state index is 13.2. The second-order valence-electron chi connectivity index (χ2n) is 9.10. The van der Waals surface area contributed by atoms with E-state index in [4.69, 9.17) is 4.74 Å². The molecule has 182 valence electrons. The van der Waals surface area contributed by atoms with Gasteiger partial charge in [0.05, 0.1) is 12.2 Å². The van der Waals surface area contributed by atoms with Gasteiger partial charge >= 0.3 is 0 Å². The van der Waals surface area contributed by atoms with Crippen LogP contribution in [-0.4, -0.2) is 31.5 Å². The van der Waals surface area contributed by atoms with Gasteiger partial charge in [0.1, 0.15) is 6.61 Å². The van der Waals surface area contributed by atoms with Gasteiger partial charge in [-0.3, -0.25) is 9.59 Å². The largest absolute Gasteiger partial charge is 0.371 e. The van der Waals surface area contributed by atoms with E-state index in [9.17, 15) is 9.59 Å². The average molecular weight is 472 g/mol. The van der Waals surface area contributed by atoms with E-state index >= 15 is 0 Å². The first kappa shape index (κ1) is 24.5. The van der Waals surface area contributed by atoms with Crippen LogP contribution in [0.5, 0.6) is 0 Å². The quantitative estimate of drug-likeness (QED) is 0.460.